The highest BCUT2D eigenvalue weighted by molar-refractivity contribution is 7.17. The molecule has 1 saturated heterocycles. The van der Waals surface area contributed by atoms with Crippen molar-refractivity contribution in [3.63, 3.8) is 0 Å². The van der Waals surface area contributed by atoms with Crippen molar-refractivity contribution in [2.75, 3.05) is 18.0 Å². The fourth-order valence-electron chi connectivity index (χ4n) is 3.13. The van der Waals surface area contributed by atoms with Gasteiger partial charge in [0.15, 0.2) is 0 Å². The maximum absolute atomic E-state index is 11.0. The third kappa shape index (κ3) is 2.17. The molecule has 4 rings (SSSR count). The van der Waals surface area contributed by atoms with E-state index in [1.165, 1.54) is 0 Å². The Morgan fingerprint density at radius 3 is 2.82 bits per heavy atom. The van der Waals surface area contributed by atoms with E-state index >= 15 is 0 Å². The van der Waals surface area contributed by atoms with Crippen LogP contribution in [0.3, 0.4) is 0 Å². The van der Waals surface area contributed by atoms with Crippen LogP contribution in [0.1, 0.15) is 17.8 Å². The zero-order valence-corrected chi connectivity index (χ0v) is 13.2. The van der Waals surface area contributed by atoms with Gasteiger partial charge in [-0.25, -0.2) is 9.97 Å². The number of β-amino-alcohol motifs (C(OH)–C–C–N with tert-alkyl or cyclic N) is 1. The molecule has 1 aromatic carbocycles. The molecule has 3 heterocycles. The number of benzene rings is 1. The van der Waals surface area contributed by atoms with Crippen LogP contribution >= 0.6 is 11.3 Å². The van der Waals surface area contributed by atoms with Gasteiger partial charge in [0.1, 0.15) is 17.2 Å². The smallest absolute Gasteiger partial charge is 0.150 e. The molecule has 0 unspecified atom stereocenters. The number of rotatable bonds is 2. The summed E-state index contributed by atoms with van der Waals surface area (Å²) in [6.07, 6.45) is 0.715. The van der Waals surface area contributed by atoms with Crippen LogP contribution < -0.4 is 4.90 Å². The Balaban J connectivity index is 1.72. The maximum Gasteiger partial charge on any atom is 0.150 e. The predicted molar refractivity (Wildman–Crippen MR) is 89.3 cm³/mol. The topological polar surface area (TPSA) is 49.2 Å². The average molecular weight is 311 g/mol. The van der Waals surface area contributed by atoms with E-state index < -0.39 is 5.60 Å². The molecule has 0 aliphatic carbocycles. The van der Waals surface area contributed by atoms with Gasteiger partial charge in [0.2, 0.25) is 0 Å². The van der Waals surface area contributed by atoms with E-state index in [4.69, 9.17) is 0 Å². The average Bonchev–Trinajstić information content (AvgIpc) is 3.15. The van der Waals surface area contributed by atoms with Gasteiger partial charge in [0.05, 0.1) is 16.8 Å². The van der Waals surface area contributed by atoms with Gasteiger partial charge in [-0.1, -0.05) is 30.3 Å². The standard InChI is InChI=1S/C17H17N3OS/c1-12-18-14-7-10-22-15(14)16(19-12)20-9-8-17(21,11-20)13-5-3-2-4-6-13/h2-7,10,21H,8-9,11H2,1H3/t17-/m1/s1. The van der Waals surface area contributed by atoms with Gasteiger partial charge in [-0.15, -0.1) is 11.3 Å². The fraction of sp³-hybridized carbons (Fsp3) is 0.294. The van der Waals surface area contributed by atoms with Crippen LogP contribution in [-0.4, -0.2) is 28.2 Å². The molecule has 0 bridgehead atoms. The van der Waals surface area contributed by atoms with Crippen LogP contribution in [0.2, 0.25) is 0 Å². The molecule has 112 valence electrons. The first-order chi connectivity index (χ1) is 10.7. The number of hydrogen-bond donors (Lipinski definition) is 1. The summed E-state index contributed by atoms with van der Waals surface area (Å²) >= 11 is 1.66. The molecule has 3 aromatic rings. The Hall–Kier alpha value is -1.98. The van der Waals surface area contributed by atoms with Crippen molar-refractivity contribution in [2.45, 2.75) is 18.9 Å². The molecule has 2 aromatic heterocycles. The lowest BCUT2D eigenvalue weighted by Gasteiger charge is -2.24. The molecule has 0 amide bonds. The van der Waals surface area contributed by atoms with Gasteiger partial charge in [0, 0.05) is 6.54 Å². The predicted octanol–water partition coefficient (Wildman–Crippen LogP) is 3.10. The minimum Gasteiger partial charge on any atom is -0.383 e. The van der Waals surface area contributed by atoms with Crippen LogP contribution in [0.25, 0.3) is 10.2 Å². The molecule has 0 radical (unpaired) electrons. The van der Waals surface area contributed by atoms with E-state index in [1.54, 1.807) is 11.3 Å². The van der Waals surface area contributed by atoms with E-state index in [0.717, 1.165) is 34.0 Å². The third-order valence-corrected chi connectivity index (χ3v) is 5.16. The summed E-state index contributed by atoms with van der Waals surface area (Å²) in [5, 5.41) is 13.0. The number of anilines is 1. The van der Waals surface area contributed by atoms with E-state index in [1.807, 2.05) is 48.7 Å². The second-order valence-electron chi connectivity index (χ2n) is 5.80. The van der Waals surface area contributed by atoms with E-state index in [-0.39, 0.29) is 0 Å². The van der Waals surface area contributed by atoms with Crippen LogP contribution in [0.15, 0.2) is 41.8 Å². The van der Waals surface area contributed by atoms with Gasteiger partial charge < -0.3 is 10.0 Å². The van der Waals surface area contributed by atoms with Gasteiger partial charge in [-0.2, -0.15) is 0 Å². The lowest BCUT2D eigenvalue weighted by molar-refractivity contribution is 0.0606. The summed E-state index contributed by atoms with van der Waals surface area (Å²) in [6, 6.07) is 11.9. The maximum atomic E-state index is 11.0. The van der Waals surface area contributed by atoms with Crippen LogP contribution in [0, 0.1) is 6.92 Å². The largest absolute Gasteiger partial charge is 0.383 e. The zero-order chi connectivity index (χ0) is 15.2. The minimum atomic E-state index is -0.802. The van der Waals surface area contributed by atoms with Crippen LogP contribution in [0.5, 0.6) is 0 Å². The highest BCUT2D eigenvalue weighted by Gasteiger charge is 2.38. The SMILES string of the molecule is Cc1nc(N2CC[C@](O)(c3ccccc3)C2)c2sccc2n1. The number of thiophene rings is 1. The van der Waals surface area contributed by atoms with Crippen molar-refractivity contribution in [1.82, 2.24) is 9.97 Å². The van der Waals surface area contributed by atoms with Gasteiger partial charge in [-0.3, -0.25) is 0 Å². The van der Waals surface area contributed by atoms with E-state index in [2.05, 4.69) is 14.9 Å². The van der Waals surface area contributed by atoms with Crippen LogP contribution in [0.4, 0.5) is 5.82 Å². The lowest BCUT2D eigenvalue weighted by atomic mass is 9.93. The van der Waals surface area contributed by atoms with Crippen molar-refractivity contribution in [1.29, 1.82) is 0 Å². The molecule has 1 aliphatic heterocycles. The Morgan fingerprint density at radius 1 is 1.18 bits per heavy atom. The Labute approximate surface area is 133 Å². The number of aliphatic hydroxyl groups is 1. The van der Waals surface area contributed by atoms with Crippen molar-refractivity contribution in [3.8, 4) is 0 Å². The molecule has 0 saturated carbocycles. The minimum absolute atomic E-state index is 0.570. The van der Waals surface area contributed by atoms with Crippen LogP contribution in [-0.2, 0) is 5.60 Å². The fourth-order valence-corrected chi connectivity index (χ4v) is 3.98. The third-order valence-electron chi connectivity index (χ3n) is 4.26. The molecular weight excluding hydrogens is 294 g/mol. The first-order valence-corrected chi connectivity index (χ1v) is 8.28. The highest BCUT2D eigenvalue weighted by Crippen LogP contribution is 2.37. The summed E-state index contributed by atoms with van der Waals surface area (Å²) in [7, 11) is 0. The quantitative estimate of drug-likeness (QED) is 0.790. The molecule has 4 nitrogen and oxygen atoms in total. The van der Waals surface area contributed by atoms with Crippen molar-refractivity contribution in [3.05, 3.63) is 53.2 Å². The van der Waals surface area contributed by atoms with Gasteiger partial charge in [0.25, 0.3) is 0 Å². The summed E-state index contributed by atoms with van der Waals surface area (Å²) in [5.74, 6) is 1.72. The summed E-state index contributed by atoms with van der Waals surface area (Å²) in [4.78, 5) is 11.3. The molecular formula is C17H17N3OS. The number of hydrogen-bond acceptors (Lipinski definition) is 5. The normalized spacial score (nSPS) is 21.6. The number of aromatic nitrogens is 2. The summed E-state index contributed by atoms with van der Waals surface area (Å²) in [6.45, 7) is 3.29. The zero-order valence-electron chi connectivity index (χ0n) is 12.4. The molecule has 1 aliphatic rings. The summed E-state index contributed by atoms with van der Waals surface area (Å²) in [5.41, 5.74) is 1.16. The monoisotopic (exact) mass is 311 g/mol. The first kappa shape index (κ1) is 13.7. The number of nitrogens with zero attached hydrogens (tertiary/aromatic N) is 3. The molecule has 1 atom stereocenters. The van der Waals surface area contributed by atoms with E-state index in [9.17, 15) is 5.11 Å². The van der Waals surface area contributed by atoms with Crippen molar-refractivity contribution < 1.29 is 5.11 Å². The van der Waals surface area contributed by atoms with Gasteiger partial charge >= 0.3 is 0 Å². The number of fused-ring (bicyclic) bond motifs is 1. The molecule has 1 N–H and O–H groups in total. The molecule has 0 spiro atoms. The molecule has 1 fully saturated rings. The second-order valence-corrected chi connectivity index (χ2v) is 6.71. The Morgan fingerprint density at radius 2 is 2.00 bits per heavy atom. The molecule has 22 heavy (non-hydrogen) atoms. The Bertz CT molecular complexity index is 817. The Kier molecular flexibility index (Phi) is 3.13. The summed E-state index contributed by atoms with van der Waals surface area (Å²) < 4.78 is 1.10. The first-order valence-electron chi connectivity index (χ1n) is 7.40. The highest BCUT2D eigenvalue weighted by atomic mass is 32.1. The second kappa shape index (κ2) is 5.04. The van der Waals surface area contributed by atoms with Crippen molar-refractivity contribution in [2.24, 2.45) is 0 Å². The van der Waals surface area contributed by atoms with Gasteiger partial charge in [-0.05, 0) is 30.4 Å². The molecule has 5 heteroatoms. The lowest BCUT2D eigenvalue weighted by Crippen LogP contribution is -2.31. The number of aryl methyl sites for hydroxylation is 1. The van der Waals surface area contributed by atoms with E-state index in [0.29, 0.717) is 13.0 Å². The van der Waals surface area contributed by atoms with Crippen molar-refractivity contribution >= 4 is 27.4 Å².